The van der Waals surface area contributed by atoms with E-state index in [9.17, 15) is 4.79 Å². The number of imidazole rings is 1. The van der Waals surface area contributed by atoms with E-state index in [2.05, 4.69) is 50.1 Å². The van der Waals surface area contributed by atoms with Crippen LogP contribution < -0.4 is 5.32 Å². The van der Waals surface area contributed by atoms with Crippen molar-refractivity contribution in [2.45, 2.75) is 39.4 Å². The van der Waals surface area contributed by atoms with Crippen LogP contribution >= 0.6 is 11.6 Å². The Labute approximate surface area is 189 Å². The highest BCUT2D eigenvalue weighted by atomic mass is 35.5. The Hall–Kier alpha value is -2.63. The number of amides is 1. The lowest BCUT2D eigenvalue weighted by Crippen LogP contribution is -2.42. The summed E-state index contributed by atoms with van der Waals surface area (Å²) >= 11 is 6.11. The molecule has 162 valence electrons. The van der Waals surface area contributed by atoms with Gasteiger partial charge in [0, 0.05) is 43.6 Å². The second kappa shape index (κ2) is 10.1. The molecule has 4 rings (SSSR count). The molecule has 2 aromatic carbocycles. The molecule has 1 atom stereocenters. The molecular weight excluding hydrogens is 408 g/mol. The molecule has 1 N–H and O–H groups in total. The molecule has 0 bridgehead atoms. The van der Waals surface area contributed by atoms with E-state index in [-0.39, 0.29) is 11.8 Å². The van der Waals surface area contributed by atoms with Gasteiger partial charge in [0.15, 0.2) is 0 Å². The topological polar surface area (TPSA) is 50.2 Å². The van der Waals surface area contributed by atoms with Crippen LogP contribution in [-0.2, 0) is 24.4 Å². The van der Waals surface area contributed by atoms with Crippen molar-refractivity contribution in [1.29, 1.82) is 0 Å². The first-order valence-corrected chi connectivity index (χ1v) is 11.2. The lowest BCUT2D eigenvalue weighted by Gasteiger charge is -2.32. The molecule has 1 saturated heterocycles. The normalized spacial score (nSPS) is 16.9. The van der Waals surface area contributed by atoms with Gasteiger partial charge in [0.25, 0.3) is 0 Å². The van der Waals surface area contributed by atoms with Gasteiger partial charge in [-0.3, -0.25) is 9.69 Å². The maximum atomic E-state index is 12.8. The monoisotopic (exact) mass is 436 g/mol. The van der Waals surface area contributed by atoms with Gasteiger partial charge < -0.3 is 9.88 Å². The molecule has 1 aromatic heterocycles. The fourth-order valence-electron chi connectivity index (χ4n) is 4.17. The van der Waals surface area contributed by atoms with E-state index >= 15 is 0 Å². The Morgan fingerprint density at radius 2 is 1.94 bits per heavy atom. The van der Waals surface area contributed by atoms with E-state index in [0.29, 0.717) is 6.54 Å². The number of hydrogen-bond acceptors (Lipinski definition) is 3. The highest BCUT2D eigenvalue weighted by molar-refractivity contribution is 6.30. The van der Waals surface area contributed by atoms with E-state index in [1.165, 1.54) is 11.1 Å². The van der Waals surface area contributed by atoms with Crippen LogP contribution in [0.25, 0.3) is 0 Å². The van der Waals surface area contributed by atoms with Gasteiger partial charge in [0.05, 0.1) is 5.92 Å². The third-order valence-electron chi connectivity index (χ3n) is 5.94. The maximum absolute atomic E-state index is 12.8. The first-order valence-electron chi connectivity index (χ1n) is 10.9. The Bertz CT molecular complexity index is 1010. The lowest BCUT2D eigenvalue weighted by molar-refractivity contribution is -0.126. The number of aryl methyl sites for hydroxylation is 1. The number of carbonyl (C=O) groups excluding carboxylic acids is 1. The van der Waals surface area contributed by atoms with E-state index in [1.54, 1.807) is 0 Å². The minimum absolute atomic E-state index is 0.0384. The van der Waals surface area contributed by atoms with E-state index < -0.39 is 0 Å². The molecule has 2 heterocycles. The van der Waals surface area contributed by atoms with E-state index in [1.807, 2.05) is 37.5 Å². The fourth-order valence-corrected chi connectivity index (χ4v) is 4.38. The molecule has 5 nitrogen and oxygen atoms in total. The van der Waals surface area contributed by atoms with E-state index in [4.69, 9.17) is 11.6 Å². The summed E-state index contributed by atoms with van der Waals surface area (Å²) < 4.78 is 2.12. The molecule has 0 spiro atoms. The molecule has 3 aromatic rings. The van der Waals surface area contributed by atoms with Crippen molar-refractivity contribution in [1.82, 2.24) is 19.8 Å². The van der Waals surface area contributed by atoms with Crippen LogP contribution in [0.3, 0.4) is 0 Å². The number of hydrogen-bond donors (Lipinski definition) is 1. The summed E-state index contributed by atoms with van der Waals surface area (Å²) in [5.41, 5.74) is 3.53. The maximum Gasteiger partial charge on any atom is 0.224 e. The molecule has 6 heteroatoms. The van der Waals surface area contributed by atoms with Gasteiger partial charge in [-0.2, -0.15) is 0 Å². The zero-order chi connectivity index (χ0) is 21.6. The van der Waals surface area contributed by atoms with Crippen LogP contribution in [0.1, 0.15) is 35.4 Å². The van der Waals surface area contributed by atoms with Crippen LogP contribution in [-0.4, -0.2) is 33.4 Å². The average Bonchev–Trinajstić information content (AvgIpc) is 3.17. The summed E-state index contributed by atoms with van der Waals surface area (Å²) in [6.45, 7) is 6.03. The molecule has 0 aliphatic carbocycles. The molecule has 0 saturated carbocycles. The third-order valence-corrected chi connectivity index (χ3v) is 6.17. The number of aromatic nitrogens is 2. The zero-order valence-electron chi connectivity index (χ0n) is 17.9. The molecule has 1 aliphatic heterocycles. The lowest BCUT2D eigenvalue weighted by atomic mass is 9.96. The molecule has 1 fully saturated rings. The Morgan fingerprint density at radius 1 is 1.13 bits per heavy atom. The number of rotatable bonds is 7. The van der Waals surface area contributed by atoms with Crippen LogP contribution in [0.4, 0.5) is 0 Å². The largest absolute Gasteiger partial charge is 0.352 e. The summed E-state index contributed by atoms with van der Waals surface area (Å²) in [7, 11) is 0. The first-order chi connectivity index (χ1) is 15.1. The Morgan fingerprint density at radius 3 is 2.68 bits per heavy atom. The smallest absolute Gasteiger partial charge is 0.224 e. The Kier molecular flexibility index (Phi) is 7.05. The minimum Gasteiger partial charge on any atom is -0.352 e. The van der Waals surface area contributed by atoms with Gasteiger partial charge in [0.2, 0.25) is 5.91 Å². The number of halogens is 1. The third kappa shape index (κ3) is 5.96. The van der Waals surface area contributed by atoms with Gasteiger partial charge in [-0.05, 0) is 55.1 Å². The Balaban J connectivity index is 1.26. The summed E-state index contributed by atoms with van der Waals surface area (Å²) in [6, 6.07) is 16.4. The van der Waals surface area contributed by atoms with Crippen molar-refractivity contribution >= 4 is 17.5 Å². The van der Waals surface area contributed by atoms with Crippen LogP contribution in [0.15, 0.2) is 60.9 Å². The zero-order valence-corrected chi connectivity index (χ0v) is 18.7. The molecule has 1 aliphatic rings. The average molecular weight is 437 g/mol. The predicted octanol–water partition coefficient (Wildman–Crippen LogP) is 4.42. The van der Waals surface area contributed by atoms with E-state index in [0.717, 1.165) is 55.4 Å². The summed E-state index contributed by atoms with van der Waals surface area (Å²) in [4.78, 5) is 19.4. The molecule has 31 heavy (non-hydrogen) atoms. The van der Waals surface area contributed by atoms with Gasteiger partial charge >= 0.3 is 0 Å². The van der Waals surface area contributed by atoms with Crippen molar-refractivity contribution in [2.75, 3.05) is 13.1 Å². The number of nitrogens with zero attached hydrogens (tertiary/aromatic N) is 3. The van der Waals surface area contributed by atoms with Crippen LogP contribution in [0.2, 0.25) is 5.02 Å². The van der Waals surface area contributed by atoms with Crippen LogP contribution in [0, 0.1) is 12.8 Å². The summed E-state index contributed by atoms with van der Waals surface area (Å²) in [5.74, 6) is 1.19. The van der Waals surface area contributed by atoms with Crippen molar-refractivity contribution in [2.24, 2.45) is 5.92 Å². The highest BCUT2D eigenvalue weighted by Crippen LogP contribution is 2.20. The molecule has 0 radical (unpaired) electrons. The summed E-state index contributed by atoms with van der Waals surface area (Å²) in [5, 5.41) is 3.89. The molecule has 1 amide bonds. The van der Waals surface area contributed by atoms with Gasteiger partial charge in [0.1, 0.15) is 5.82 Å². The van der Waals surface area contributed by atoms with Crippen molar-refractivity contribution < 1.29 is 4.79 Å². The SMILES string of the molecule is Cc1nccn1Cc1ccc(CNC(=O)C2CCCN(Cc3cccc(Cl)c3)C2)cc1. The molecule has 1 unspecified atom stereocenters. The van der Waals surface area contributed by atoms with Crippen molar-refractivity contribution in [3.8, 4) is 0 Å². The number of likely N-dealkylation sites (tertiary alicyclic amines) is 1. The number of carbonyl (C=O) groups is 1. The quantitative estimate of drug-likeness (QED) is 0.596. The van der Waals surface area contributed by atoms with Crippen molar-refractivity contribution in [3.63, 3.8) is 0 Å². The van der Waals surface area contributed by atoms with Gasteiger partial charge in [-0.1, -0.05) is 48.0 Å². The predicted molar refractivity (Wildman–Crippen MR) is 124 cm³/mol. The van der Waals surface area contributed by atoms with Crippen LogP contribution in [0.5, 0.6) is 0 Å². The van der Waals surface area contributed by atoms with Gasteiger partial charge in [-0.15, -0.1) is 0 Å². The van der Waals surface area contributed by atoms with Crippen molar-refractivity contribution in [3.05, 3.63) is 88.5 Å². The number of benzene rings is 2. The summed E-state index contributed by atoms with van der Waals surface area (Å²) in [6.07, 6.45) is 5.80. The molecular formula is C25H29ClN4O. The second-order valence-electron chi connectivity index (χ2n) is 8.34. The highest BCUT2D eigenvalue weighted by Gasteiger charge is 2.25. The minimum atomic E-state index is 0.0384. The number of nitrogens with one attached hydrogen (secondary N) is 1. The standard InChI is InChI=1S/C25H29ClN4O/c1-19-27-11-13-30(19)17-21-9-7-20(8-10-21)15-28-25(31)23-5-3-12-29(18-23)16-22-4-2-6-24(26)14-22/h2,4,6-11,13-14,23H,3,5,12,15-18H2,1H3,(H,28,31). The second-order valence-corrected chi connectivity index (χ2v) is 8.78. The number of piperidine rings is 1. The fraction of sp³-hybridized carbons (Fsp3) is 0.360. The van der Waals surface area contributed by atoms with Gasteiger partial charge in [-0.25, -0.2) is 4.98 Å². The first kappa shape index (κ1) is 21.6.